The molecule has 7 rings (SSSR count). The van der Waals surface area contributed by atoms with E-state index in [-0.39, 0.29) is 16.6 Å². The fourth-order valence-electron chi connectivity index (χ4n) is 7.96. The molecule has 2 aliphatic heterocycles. The summed E-state index contributed by atoms with van der Waals surface area (Å²) in [5.74, 6) is 0.513. The molecule has 4 nitrogen and oxygen atoms in total. The van der Waals surface area contributed by atoms with Gasteiger partial charge in [-0.05, 0) is 87.4 Å². The standard InChI is InChI=1S/C28H33N3O/c1-26-11-10-21-15-20-6-7-22(31(2)3)16-27(20)12-13-28(21,32-27)25(26)9-8-23(26)18-4-5-19-17-29-30-24(19)14-18/h4-5,8,10,14-15,17,22,25H,6-7,9,11-13,16H2,1-3H3,(H,29,30)/t22-,25-,26-,27?,28-/m1/s1. The first kappa shape index (κ1) is 19.3. The van der Waals surface area contributed by atoms with Crippen molar-refractivity contribution in [3.63, 3.8) is 0 Å². The van der Waals surface area contributed by atoms with Gasteiger partial charge in [-0.3, -0.25) is 5.10 Å². The van der Waals surface area contributed by atoms with E-state index < -0.39 is 0 Å². The molecule has 32 heavy (non-hydrogen) atoms. The van der Waals surface area contributed by atoms with Gasteiger partial charge in [-0.15, -0.1) is 0 Å². The maximum absolute atomic E-state index is 7.37. The van der Waals surface area contributed by atoms with E-state index in [2.05, 4.69) is 72.5 Å². The van der Waals surface area contributed by atoms with Crippen molar-refractivity contribution in [2.75, 3.05) is 14.1 Å². The zero-order valence-corrected chi connectivity index (χ0v) is 19.4. The molecule has 1 saturated heterocycles. The quantitative estimate of drug-likeness (QED) is 0.674. The number of nitrogens with zero attached hydrogens (tertiary/aromatic N) is 2. The number of benzene rings is 1. The van der Waals surface area contributed by atoms with Crippen LogP contribution in [0.3, 0.4) is 0 Å². The Bertz CT molecular complexity index is 1220. The number of hydrogen-bond donors (Lipinski definition) is 1. The molecule has 2 aromatic rings. The Balaban J connectivity index is 1.29. The number of ether oxygens (including phenoxy) is 1. The predicted molar refractivity (Wildman–Crippen MR) is 128 cm³/mol. The molecule has 2 fully saturated rings. The van der Waals surface area contributed by atoms with Crippen LogP contribution in [-0.2, 0) is 4.74 Å². The second-order valence-corrected chi connectivity index (χ2v) is 11.4. The number of fused-ring (bicyclic) bond motifs is 2. The molecular weight excluding hydrogens is 394 g/mol. The lowest BCUT2D eigenvalue weighted by Gasteiger charge is -2.54. The van der Waals surface area contributed by atoms with E-state index in [1.807, 2.05) is 6.20 Å². The van der Waals surface area contributed by atoms with Crippen LogP contribution >= 0.6 is 0 Å². The van der Waals surface area contributed by atoms with Crippen molar-refractivity contribution < 1.29 is 4.74 Å². The monoisotopic (exact) mass is 427 g/mol. The summed E-state index contributed by atoms with van der Waals surface area (Å²) >= 11 is 0. The van der Waals surface area contributed by atoms with Gasteiger partial charge in [0, 0.05) is 22.8 Å². The number of H-pyrrole nitrogens is 1. The third kappa shape index (κ3) is 2.32. The molecule has 5 aliphatic rings. The molecule has 1 aromatic heterocycles. The number of nitrogens with one attached hydrogen (secondary N) is 1. The van der Waals surface area contributed by atoms with Crippen LogP contribution in [0, 0.1) is 11.3 Å². The lowest BCUT2D eigenvalue weighted by molar-refractivity contribution is -0.134. The molecule has 1 unspecified atom stereocenters. The predicted octanol–water partition coefficient (Wildman–Crippen LogP) is 5.64. The van der Waals surface area contributed by atoms with Gasteiger partial charge in [-0.1, -0.05) is 37.3 Å². The molecule has 166 valence electrons. The highest BCUT2D eigenvalue weighted by Crippen LogP contribution is 2.67. The Morgan fingerprint density at radius 3 is 2.97 bits per heavy atom. The first-order chi connectivity index (χ1) is 15.4. The fraction of sp³-hybridized carbons (Fsp3) is 0.536. The van der Waals surface area contributed by atoms with Crippen molar-refractivity contribution in [3.8, 4) is 0 Å². The molecule has 1 aromatic carbocycles. The highest BCUT2D eigenvalue weighted by molar-refractivity contribution is 5.84. The van der Waals surface area contributed by atoms with Gasteiger partial charge >= 0.3 is 0 Å². The van der Waals surface area contributed by atoms with Crippen LogP contribution in [0.2, 0.25) is 0 Å². The van der Waals surface area contributed by atoms with Gasteiger partial charge in [0.25, 0.3) is 0 Å². The number of hydrogen-bond acceptors (Lipinski definition) is 3. The molecule has 5 atom stereocenters. The number of aromatic nitrogens is 2. The number of aromatic amines is 1. The van der Waals surface area contributed by atoms with Gasteiger partial charge in [0.1, 0.15) is 0 Å². The minimum absolute atomic E-state index is 0.0274. The zero-order valence-electron chi connectivity index (χ0n) is 19.4. The van der Waals surface area contributed by atoms with E-state index in [1.165, 1.54) is 47.8 Å². The second kappa shape index (κ2) is 6.24. The van der Waals surface area contributed by atoms with Gasteiger partial charge in [0.2, 0.25) is 0 Å². The largest absolute Gasteiger partial charge is 0.359 e. The minimum atomic E-state index is -0.110. The van der Waals surface area contributed by atoms with E-state index >= 15 is 0 Å². The third-order valence-electron chi connectivity index (χ3n) is 9.73. The average molecular weight is 428 g/mol. The van der Waals surface area contributed by atoms with Gasteiger partial charge in [-0.2, -0.15) is 5.10 Å². The van der Waals surface area contributed by atoms with Gasteiger partial charge in [-0.25, -0.2) is 0 Å². The summed E-state index contributed by atoms with van der Waals surface area (Å²) in [6, 6.07) is 7.40. The van der Waals surface area contributed by atoms with Crippen LogP contribution in [0.15, 0.2) is 53.8 Å². The van der Waals surface area contributed by atoms with Crippen LogP contribution in [0.4, 0.5) is 0 Å². The molecule has 1 N–H and O–H groups in total. The summed E-state index contributed by atoms with van der Waals surface area (Å²) in [5, 5.41) is 8.56. The van der Waals surface area contributed by atoms with E-state index in [4.69, 9.17) is 4.74 Å². The van der Waals surface area contributed by atoms with Crippen LogP contribution < -0.4 is 0 Å². The van der Waals surface area contributed by atoms with E-state index in [1.54, 1.807) is 5.57 Å². The topological polar surface area (TPSA) is 41.2 Å². The average Bonchev–Trinajstić information content (AvgIpc) is 3.47. The van der Waals surface area contributed by atoms with Crippen molar-refractivity contribution in [2.24, 2.45) is 11.3 Å². The highest BCUT2D eigenvalue weighted by atomic mass is 16.5. The first-order valence-electron chi connectivity index (χ1n) is 12.4. The highest BCUT2D eigenvalue weighted by Gasteiger charge is 2.65. The third-order valence-corrected chi connectivity index (χ3v) is 9.73. The second-order valence-electron chi connectivity index (χ2n) is 11.4. The molecule has 0 amide bonds. The molecule has 2 spiro atoms. The molecule has 3 heterocycles. The van der Waals surface area contributed by atoms with Crippen molar-refractivity contribution in [3.05, 3.63) is 59.3 Å². The SMILES string of the molecule is CN(C)[C@@H]1CCC2=CC3=CC[C@]4(C)C(c5ccc6cn[nH]c6c5)=CC[C@H]4[C@@]34CCC2(C1)O4. The lowest BCUT2D eigenvalue weighted by Crippen LogP contribution is -2.54. The number of allylic oxidation sites excluding steroid dienone is 3. The molecule has 3 aliphatic carbocycles. The normalized spacial score (nSPS) is 39.9. The Labute approximate surface area is 190 Å². The Hall–Kier alpha value is -2.17. The minimum Gasteiger partial charge on any atom is -0.359 e. The van der Waals surface area contributed by atoms with Crippen molar-refractivity contribution in [2.45, 2.75) is 69.1 Å². The van der Waals surface area contributed by atoms with Crippen LogP contribution in [0.25, 0.3) is 16.5 Å². The van der Waals surface area contributed by atoms with E-state index in [9.17, 15) is 0 Å². The van der Waals surface area contributed by atoms with Gasteiger partial charge in [0.15, 0.2) is 0 Å². The molecular formula is C28H33N3O. The summed E-state index contributed by atoms with van der Waals surface area (Å²) in [6.45, 7) is 2.49. The molecule has 1 saturated carbocycles. The van der Waals surface area contributed by atoms with Crippen molar-refractivity contribution in [1.29, 1.82) is 0 Å². The summed E-state index contributed by atoms with van der Waals surface area (Å²) in [7, 11) is 4.46. The smallest absolute Gasteiger partial charge is 0.0980 e. The Morgan fingerprint density at radius 1 is 1.19 bits per heavy atom. The van der Waals surface area contributed by atoms with E-state index in [0.29, 0.717) is 12.0 Å². The van der Waals surface area contributed by atoms with Crippen molar-refractivity contribution >= 4 is 16.5 Å². The zero-order chi connectivity index (χ0) is 21.7. The first-order valence-corrected chi connectivity index (χ1v) is 12.4. The van der Waals surface area contributed by atoms with E-state index in [0.717, 1.165) is 24.8 Å². The van der Waals surface area contributed by atoms with Crippen molar-refractivity contribution in [1.82, 2.24) is 15.1 Å². The maximum Gasteiger partial charge on any atom is 0.0980 e. The Kier molecular flexibility index (Phi) is 3.76. The van der Waals surface area contributed by atoms with Crippen LogP contribution in [0.5, 0.6) is 0 Å². The van der Waals surface area contributed by atoms with Gasteiger partial charge in [0.05, 0.1) is 22.9 Å². The summed E-state index contributed by atoms with van der Waals surface area (Å²) in [6.07, 6.45) is 17.7. The number of rotatable bonds is 2. The Morgan fingerprint density at radius 2 is 2.09 bits per heavy atom. The maximum atomic E-state index is 7.37. The summed E-state index contributed by atoms with van der Waals surface area (Å²) in [4.78, 5) is 2.41. The molecule has 0 radical (unpaired) electrons. The fourth-order valence-corrected chi connectivity index (χ4v) is 7.96. The molecule has 2 bridgehead atoms. The van der Waals surface area contributed by atoms with Crippen LogP contribution in [-0.4, -0.2) is 46.4 Å². The summed E-state index contributed by atoms with van der Waals surface area (Å²) < 4.78 is 7.37. The van der Waals surface area contributed by atoms with Gasteiger partial charge < -0.3 is 9.64 Å². The summed E-state index contributed by atoms with van der Waals surface area (Å²) in [5.41, 5.74) is 7.01. The lowest BCUT2D eigenvalue weighted by atomic mass is 9.58. The van der Waals surface area contributed by atoms with Crippen LogP contribution in [0.1, 0.15) is 57.4 Å². The molecule has 4 heteroatoms.